The van der Waals surface area contributed by atoms with E-state index >= 15 is 0 Å². The summed E-state index contributed by atoms with van der Waals surface area (Å²) in [4.78, 5) is 11.6. The summed E-state index contributed by atoms with van der Waals surface area (Å²) in [5.41, 5.74) is 0. The van der Waals surface area contributed by atoms with Crippen LogP contribution in [0.1, 0.15) is 19.3 Å². The summed E-state index contributed by atoms with van der Waals surface area (Å²) in [6.45, 7) is 1.60. The second kappa shape index (κ2) is 7.55. The highest BCUT2D eigenvalue weighted by Crippen LogP contribution is 2.07. The van der Waals surface area contributed by atoms with Crippen LogP contribution in [0.2, 0.25) is 0 Å². The van der Waals surface area contributed by atoms with Gasteiger partial charge in [-0.05, 0) is 12.8 Å². The van der Waals surface area contributed by atoms with Crippen molar-refractivity contribution in [1.29, 1.82) is 5.26 Å². The van der Waals surface area contributed by atoms with E-state index < -0.39 is 0 Å². The Bertz CT molecular complexity index is 233. The molecule has 1 fully saturated rings. The molecular weight excluding hydrogens is 210 g/mol. The maximum absolute atomic E-state index is 11.6. The zero-order valence-electron chi connectivity index (χ0n) is 8.79. The third kappa shape index (κ3) is 5.05. The molecular formula is C10H17N3OS. The number of nitrogens with one attached hydrogen (secondary N) is 2. The second-order valence-electron chi connectivity index (χ2n) is 3.49. The Hall–Kier alpha value is -0.730. The van der Waals surface area contributed by atoms with Crippen LogP contribution in [0.15, 0.2) is 0 Å². The third-order valence-electron chi connectivity index (χ3n) is 2.25. The van der Waals surface area contributed by atoms with E-state index in [4.69, 9.17) is 5.26 Å². The number of thioether (sulfide) groups is 1. The molecule has 1 heterocycles. The molecule has 0 aromatic rings. The smallest absolute Gasteiger partial charge is 0.237 e. The topological polar surface area (TPSA) is 64.9 Å². The van der Waals surface area contributed by atoms with Crippen molar-refractivity contribution in [2.75, 3.05) is 24.6 Å². The SMILES string of the molecule is N#CCCCCNC(=O)C1CSCCN1. The molecule has 0 spiro atoms. The predicted octanol–water partition coefficient (Wildman–Crippen LogP) is 0.501. The van der Waals surface area contributed by atoms with Crippen molar-refractivity contribution in [2.45, 2.75) is 25.3 Å². The second-order valence-corrected chi connectivity index (χ2v) is 4.64. The van der Waals surface area contributed by atoms with E-state index in [2.05, 4.69) is 16.7 Å². The Morgan fingerprint density at radius 1 is 1.60 bits per heavy atom. The van der Waals surface area contributed by atoms with E-state index in [-0.39, 0.29) is 11.9 Å². The summed E-state index contributed by atoms with van der Waals surface area (Å²) < 4.78 is 0. The van der Waals surface area contributed by atoms with Gasteiger partial charge in [0.15, 0.2) is 0 Å². The molecule has 1 aliphatic rings. The van der Waals surface area contributed by atoms with E-state index in [0.29, 0.717) is 13.0 Å². The van der Waals surface area contributed by atoms with Gasteiger partial charge in [-0.25, -0.2) is 0 Å². The summed E-state index contributed by atoms with van der Waals surface area (Å²) in [6.07, 6.45) is 2.33. The molecule has 1 rings (SSSR count). The zero-order chi connectivity index (χ0) is 10.9. The molecule has 1 amide bonds. The third-order valence-corrected chi connectivity index (χ3v) is 3.31. The van der Waals surface area contributed by atoms with Gasteiger partial charge in [-0.1, -0.05) is 0 Å². The molecule has 84 valence electrons. The van der Waals surface area contributed by atoms with Crippen molar-refractivity contribution < 1.29 is 4.79 Å². The summed E-state index contributed by atoms with van der Waals surface area (Å²) >= 11 is 1.81. The lowest BCUT2D eigenvalue weighted by molar-refractivity contribution is -0.122. The number of amides is 1. The number of hydrogen-bond acceptors (Lipinski definition) is 4. The van der Waals surface area contributed by atoms with Gasteiger partial charge in [0, 0.05) is 31.0 Å². The van der Waals surface area contributed by atoms with Gasteiger partial charge < -0.3 is 10.6 Å². The van der Waals surface area contributed by atoms with Crippen molar-refractivity contribution in [3.05, 3.63) is 0 Å². The normalized spacial score (nSPS) is 20.6. The molecule has 0 aromatic heterocycles. The van der Waals surface area contributed by atoms with Crippen molar-refractivity contribution in [2.24, 2.45) is 0 Å². The molecule has 2 N–H and O–H groups in total. The number of nitriles is 1. The van der Waals surface area contributed by atoms with Gasteiger partial charge in [-0.15, -0.1) is 0 Å². The van der Waals surface area contributed by atoms with Crippen LogP contribution < -0.4 is 10.6 Å². The molecule has 1 atom stereocenters. The summed E-state index contributed by atoms with van der Waals surface area (Å²) in [5, 5.41) is 14.4. The number of hydrogen-bond donors (Lipinski definition) is 2. The quantitative estimate of drug-likeness (QED) is 0.671. The number of nitrogens with zero attached hydrogens (tertiary/aromatic N) is 1. The van der Waals surface area contributed by atoms with Crippen LogP contribution in [0.3, 0.4) is 0 Å². The van der Waals surface area contributed by atoms with Crippen LogP contribution in [0.5, 0.6) is 0 Å². The number of unbranched alkanes of at least 4 members (excludes halogenated alkanes) is 2. The fraction of sp³-hybridized carbons (Fsp3) is 0.800. The zero-order valence-corrected chi connectivity index (χ0v) is 9.61. The van der Waals surface area contributed by atoms with Gasteiger partial charge >= 0.3 is 0 Å². The minimum atomic E-state index is -0.0280. The Labute approximate surface area is 94.8 Å². The lowest BCUT2D eigenvalue weighted by Crippen LogP contribution is -2.49. The van der Waals surface area contributed by atoms with E-state index in [1.54, 1.807) is 0 Å². The predicted molar refractivity (Wildman–Crippen MR) is 61.6 cm³/mol. The maximum Gasteiger partial charge on any atom is 0.237 e. The maximum atomic E-state index is 11.6. The van der Waals surface area contributed by atoms with E-state index in [9.17, 15) is 4.79 Å². The Morgan fingerprint density at radius 3 is 3.13 bits per heavy atom. The molecule has 0 aromatic carbocycles. The monoisotopic (exact) mass is 227 g/mol. The molecule has 15 heavy (non-hydrogen) atoms. The van der Waals surface area contributed by atoms with Gasteiger partial charge in [-0.2, -0.15) is 17.0 Å². The fourth-order valence-corrected chi connectivity index (χ4v) is 2.33. The van der Waals surface area contributed by atoms with Crippen molar-refractivity contribution >= 4 is 17.7 Å². The molecule has 1 aliphatic heterocycles. The molecule has 5 heteroatoms. The van der Waals surface area contributed by atoms with Crippen molar-refractivity contribution in [3.63, 3.8) is 0 Å². The Kier molecular flexibility index (Phi) is 6.21. The van der Waals surface area contributed by atoms with Crippen LogP contribution in [0, 0.1) is 11.3 Å². The number of carbonyl (C=O) groups is 1. The first-order chi connectivity index (χ1) is 7.34. The van der Waals surface area contributed by atoms with Gasteiger partial charge in [0.1, 0.15) is 0 Å². The summed E-state index contributed by atoms with van der Waals surface area (Å²) in [5.74, 6) is 2.05. The van der Waals surface area contributed by atoms with E-state index in [1.165, 1.54) is 0 Å². The van der Waals surface area contributed by atoms with E-state index in [1.807, 2.05) is 11.8 Å². The lowest BCUT2D eigenvalue weighted by Gasteiger charge is -2.22. The van der Waals surface area contributed by atoms with Crippen molar-refractivity contribution in [1.82, 2.24) is 10.6 Å². The van der Waals surface area contributed by atoms with Gasteiger partial charge in [0.25, 0.3) is 0 Å². The minimum Gasteiger partial charge on any atom is -0.355 e. The first-order valence-corrected chi connectivity index (χ1v) is 6.46. The van der Waals surface area contributed by atoms with Crippen LogP contribution in [-0.4, -0.2) is 36.5 Å². The molecule has 1 saturated heterocycles. The first-order valence-electron chi connectivity index (χ1n) is 5.30. The van der Waals surface area contributed by atoms with Gasteiger partial charge in [0.05, 0.1) is 12.1 Å². The highest BCUT2D eigenvalue weighted by molar-refractivity contribution is 7.99. The van der Waals surface area contributed by atoms with Crippen LogP contribution in [0.4, 0.5) is 0 Å². The number of rotatable bonds is 5. The molecule has 0 radical (unpaired) electrons. The average molecular weight is 227 g/mol. The minimum absolute atomic E-state index is 0.0280. The van der Waals surface area contributed by atoms with Crippen LogP contribution >= 0.6 is 11.8 Å². The molecule has 1 unspecified atom stereocenters. The fourth-order valence-electron chi connectivity index (χ4n) is 1.40. The number of carbonyl (C=O) groups excluding carboxylic acids is 1. The van der Waals surface area contributed by atoms with E-state index in [0.717, 1.165) is 30.9 Å². The molecule has 0 bridgehead atoms. The summed E-state index contributed by atoms with van der Waals surface area (Å²) in [7, 11) is 0. The Balaban J connectivity index is 2.05. The van der Waals surface area contributed by atoms with Crippen molar-refractivity contribution in [3.8, 4) is 6.07 Å². The molecule has 0 aliphatic carbocycles. The molecule has 0 saturated carbocycles. The lowest BCUT2D eigenvalue weighted by atomic mass is 10.2. The average Bonchev–Trinajstić information content (AvgIpc) is 2.30. The van der Waals surface area contributed by atoms with Gasteiger partial charge in [0.2, 0.25) is 5.91 Å². The highest BCUT2D eigenvalue weighted by atomic mass is 32.2. The largest absolute Gasteiger partial charge is 0.355 e. The molecule has 4 nitrogen and oxygen atoms in total. The standard InChI is InChI=1S/C10H17N3OS/c11-4-2-1-3-5-13-10(14)9-8-15-7-6-12-9/h9,12H,1-3,5-8H2,(H,13,14). The van der Waals surface area contributed by atoms with Crippen LogP contribution in [-0.2, 0) is 4.79 Å². The summed E-state index contributed by atoms with van der Waals surface area (Å²) in [6, 6.07) is 2.06. The highest BCUT2D eigenvalue weighted by Gasteiger charge is 2.19. The van der Waals surface area contributed by atoms with Gasteiger partial charge in [-0.3, -0.25) is 4.79 Å². The van der Waals surface area contributed by atoms with Crippen LogP contribution in [0.25, 0.3) is 0 Å². The first kappa shape index (κ1) is 12.3. The Morgan fingerprint density at radius 2 is 2.47 bits per heavy atom.